The van der Waals surface area contributed by atoms with Crippen molar-refractivity contribution in [3.05, 3.63) is 29.3 Å². The number of amides is 2. The molecule has 0 spiro atoms. The minimum atomic E-state index is -0.180. The van der Waals surface area contributed by atoms with Gasteiger partial charge in [0.1, 0.15) is 0 Å². The SMILES string of the molecule is O=C1Cc2cc(C(=O)NCCCO)ccc2N1. The van der Waals surface area contributed by atoms with Crippen LogP contribution < -0.4 is 10.6 Å². The molecule has 5 heteroatoms. The number of fused-ring (bicyclic) bond motifs is 1. The molecule has 1 aromatic carbocycles. The van der Waals surface area contributed by atoms with Gasteiger partial charge in [-0.25, -0.2) is 0 Å². The number of carbonyl (C=O) groups excluding carboxylic acids is 2. The zero-order chi connectivity index (χ0) is 12.3. The lowest BCUT2D eigenvalue weighted by atomic mass is 10.1. The van der Waals surface area contributed by atoms with E-state index >= 15 is 0 Å². The van der Waals surface area contributed by atoms with Crippen LogP contribution in [-0.2, 0) is 11.2 Å². The fourth-order valence-corrected chi connectivity index (χ4v) is 1.75. The van der Waals surface area contributed by atoms with Gasteiger partial charge in [-0.15, -0.1) is 0 Å². The Labute approximate surface area is 98.8 Å². The summed E-state index contributed by atoms with van der Waals surface area (Å²) in [6, 6.07) is 5.14. The highest BCUT2D eigenvalue weighted by Gasteiger charge is 2.18. The Morgan fingerprint density at radius 1 is 1.47 bits per heavy atom. The molecule has 1 heterocycles. The van der Waals surface area contributed by atoms with Gasteiger partial charge in [-0.05, 0) is 30.2 Å². The molecule has 0 atom stereocenters. The van der Waals surface area contributed by atoms with Crippen LogP contribution in [-0.4, -0.2) is 30.1 Å². The zero-order valence-corrected chi connectivity index (χ0v) is 9.32. The van der Waals surface area contributed by atoms with E-state index in [4.69, 9.17) is 5.11 Å². The first-order valence-corrected chi connectivity index (χ1v) is 5.52. The molecular weight excluding hydrogens is 220 g/mol. The van der Waals surface area contributed by atoms with E-state index in [-0.39, 0.29) is 18.4 Å². The van der Waals surface area contributed by atoms with E-state index in [0.717, 1.165) is 11.3 Å². The Bertz CT molecular complexity index is 457. The Morgan fingerprint density at radius 2 is 2.29 bits per heavy atom. The molecule has 0 fully saturated rings. The molecule has 1 aliphatic heterocycles. The van der Waals surface area contributed by atoms with Crippen molar-refractivity contribution in [1.29, 1.82) is 0 Å². The molecule has 0 aromatic heterocycles. The smallest absolute Gasteiger partial charge is 0.251 e. The summed E-state index contributed by atoms with van der Waals surface area (Å²) in [6.45, 7) is 0.506. The van der Waals surface area contributed by atoms with E-state index in [1.807, 2.05) is 0 Å². The highest BCUT2D eigenvalue weighted by atomic mass is 16.3. The summed E-state index contributed by atoms with van der Waals surface area (Å²) < 4.78 is 0. The molecule has 0 radical (unpaired) electrons. The maximum atomic E-state index is 11.7. The lowest BCUT2D eigenvalue weighted by Crippen LogP contribution is -2.25. The molecule has 90 valence electrons. The number of hydrogen-bond acceptors (Lipinski definition) is 3. The summed E-state index contributed by atoms with van der Waals surface area (Å²) in [7, 11) is 0. The number of aliphatic hydroxyl groups is 1. The summed E-state index contributed by atoms with van der Waals surface area (Å²) in [5, 5.41) is 14.0. The van der Waals surface area contributed by atoms with Crippen molar-refractivity contribution >= 4 is 17.5 Å². The van der Waals surface area contributed by atoms with Crippen molar-refractivity contribution in [3.63, 3.8) is 0 Å². The molecule has 0 unspecified atom stereocenters. The lowest BCUT2D eigenvalue weighted by Gasteiger charge is -2.05. The molecule has 0 saturated heterocycles. The van der Waals surface area contributed by atoms with Crippen molar-refractivity contribution in [2.75, 3.05) is 18.5 Å². The second-order valence-corrected chi connectivity index (χ2v) is 3.93. The largest absolute Gasteiger partial charge is 0.396 e. The third-order valence-corrected chi connectivity index (χ3v) is 2.61. The average molecular weight is 234 g/mol. The first-order chi connectivity index (χ1) is 8.20. The molecule has 3 N–H and O–H groups in total. The van der Waals surface area contributed by atoms with Crippen LogP contribution in [0, 0.1) is 0 Å². The Balaban J connectivity index is 2.05. The van der Waals surface area contributed by atoms with E-state index in [1.54, 1.807) is 18.2 Å². The molecule has 5 nitrogen and oxygen atoms in total. The van der Waals surface area contributed by atoms with Crippen LogP contribution in [0.4, 0.5) is 5.69 Å². The fraction of sp³-hybridized carbons (Fsp3) is 0.333. The topological polar surface area (TPSA) is 78.4 Å². The van der Waals surface area contributed by atoms with Gasteiger partial charge in [0, 0.05) is 24.4 Å². The van der Waals surface area contributed by atoms with Gasteiger partial charge >= 0.3 is 0 Å². The van der Waals surface area contributed by atoms with Gasteiger partial charge in [-0.2, -0.15) is 0 Å². The minimum Gasteiger partial charge on any atom is -0.396 e. The van der Waals surface area contributed by atoms with Crippen LogP contribution in [0.5, 0.6) is 0 Å². The van der Waals surface area contributed by atoms with Crippen LogP contribution >= 0.6 is 0 Å². The fourth-order valence-electron chi connectivity index (χ4n) is 1.75. The molecule has 0 bridgehead atoms. The van der Waals surface area contributed by atoms with Gasteiger partial charge in [0.15, 0.2) is 0 Å². The minimum absolute atomic E-state index is 0.0437. The second-order valence-electron chi connectivity index (χ2n) is 3.93. The van der Waals surface area contributed by atoms with Gasteiger partial charge in [-0.3, -0.25) is 9.59 Å². The van der Waals surface area contributed by atoms with Gasteiger partial charge in [-0.1, -0.05) is 0 Å². The van der Waals surface area contributed by atoms with Crippen molar-refractivity contribution < 1.29 is 14.7 Å². The first kappa shape index (κ1) is 11.6. The highest BCUT2D eigenvalue weighted by Crippen LogP contribution is 2.23. The van der Waals surface area contributed by atoms with E-state index in [2.05, 4.69) is 10.6 Å². The average Bonchev–Trinajstić information content (AvgIpc) is 2.68. The standard InChI is InChI=1S/C12H14N2O3/c15-5-1-4-13-12(17)8-2-3-10-9(6-8)7-11(16)14-10/h2-3,6,15H,1,4-5,7H2,(H,13,17)(H,14,16). The summed E-state index contributed by atoms with van der Waals surface area (Å²) in [5.74, 6) is -0.224. The van der Waals surface area contributed by atoms with E-state index in [0.29, 0.717) is 24.9 Å². The normalized spacial score (nSPS) is 13.1. The maximum Gasteiger partial charge on any atom is 0.251 e. The molecule has 1 aliphatic rings. The zero-order valence-electron chi connectivity index (χ0n) is 9.32. The third kappa shape index (κ3) is 2.62. The van der Waals surface area contributed by atoms with Crippen molar-refractivity contribution in [3.8, 4) is 0 Å². The molecule has 2 amide bonds. The van der Waals surface area contributed by atoms with Crippen LogP contribution in [0.3, 0.4) is 0 Å². The van der Waals surface area contributed by atoms with Crippen LogP contribution in [0.15, 0.2) is 18.2 Å². The van der Waals surface area contributed by atoms with Crippen molar-refractivity contribution in [2.45, 2.75) is 12.8 Å². The van der Waals surface area contributed by atoms with Gasteiger partial charge in [0.05, 0.1) is 6.42 Å². The monoisotopic (exact) mass is 234 g/mol. The quantitative estimate of drug-likeness (QED) is 0.655. The number of rotatable bonds is 4. The molecule has 1 aromatic rings. The number of aliphatic hydroxyl groups excluding tert-OH is 1. The lowest BCUT2D eigenvalue weighted by molar-refractivity contribution is -0.115. The summed E-state index contributed by atoms with van der Waals surface area (Å²) >= 11 is 0. The van der Waals surface area contributed by atoms with Crippen LogP contribution in [0.25, 0.3) is 0 Å². The summed E-state index contributed by atoms with van der Waals surface area (Å²) in [4.78, 5) is 22.9. The number of carbonyl (C=O) groups is 2. The molecule has 0 saturated carbocycles. The maximum absolute atomic E-state index is 11.7. The van der Waals surface area contributed by atoms with E-state index < -0.39 is 0 Å². The van der Waals surface area contributed by atoms with Gasteiger partial charge in [0.25, 0.3) is 5.91 Å². The van der Waals surface area contributed by atoms with E-state index in [9.17, 15) is 9.59 Å². The predicted octanol–water partition coefficient (Wildman–Crippen LogP) is 0.293. The summed E-state index contributed by atoms with van der Waals surface area (Å²) in [5.41, 5.74) is 2.17. The molecule has 2 rings (SSSR count). The number of anilines is 1. The van der Waals surface area contributed by atoms with E-state index in [1.165, 1.54) is 0 Å². The van der Waals surface area contributed by atoms with Crippen LogP contribution in [0.2, 0.25) is 0 Å². The number of hydrogen-bond donors (Lipinski definition) is 3. The Kier molecular flexibility index (Phi) is 3.39. The molecular formula is C12H14N2O3. The van der Waals surface area contributed by atoms with Crippen molar-refractivity contribution in [2.24, 2.45) is 0 Å². The number of nitrogens with one attached hydrogen (secondary N) is 2. The Morgan fingerprint density at radius 3 is 3.06 bits per heavy atom. The summed E-state index contributed by atoms with van der Waals surface area (Å²) in [6.07, 6.45) is 0.865. The van der Waals surface area contributed by atoms with Crippen molar-refractivity contribution in [1.82, 2.24) is 5.32 Å². The van der Waals surface area contributed by atoms with Crippen LogP contribution in [0.1, 0.15) is 22.3 Å². The highest BCUT2D eigenvalue weighted by molar-refractivity contribution is 6.01. The first-order valence-electron chi connectivity index (χ1n) is 5.52. The molecule has 17 heavy (non-hydrogen) atoms. The number of benzene rings is 1. The molecule has 0 aliphatic carbocycles. The Hall–Kier alpha value is -1.88. The third-order valence-electron chi connectivity index (χ3n) is 2.61. The van der Waals surface area contributed by atoms with Gasteiger partial charge < -0.3 is 15.7 Å². The second kappa shape index (κ2) is 4.97. The predicted molar refractivity (Wildman–Crippen MR) is 62.8 cm³/mol. The van der Waals surface area contributed by atoms with Gasteiger partial charge in [0.2, 0.25) is 5.91 Å².